The Morgan fingerprint density at radius 3 is 2.83 bits per heavy atom. The van der Waals surface area contributed by atoms with Gasteiger partial charge in [-0.15, -0.1) is 0 Å². The van der Waals surface area contributed by atoms with Crippen LogP contribution in [0.2, 0.25) is 0 Å². The van der Waals surface area contributed by atoms with Crippen LogP contribution in [0.5, 0.6) is 0 Å². The Bertz CT molecular complexity index is 552. The van der Waals surface area contributed by atoms with Crippen LogP contribution in [0.25, 0.3) is 0 Å². The Morgan fingerprint density at radius 1 is 1.44 bits per heavy atom. The third-order valence-electron chi connectivity index (χ3n) is 2.25. The molecule has 18 heavy (non-hydrogen) atoms. The number of rotatable bonds is 3. The fourth-order valence-corrected chi connectivity index (χ4v) is 2.26. The standard InChI is InChI=1S/C12H13N3O2S/c1-15(2)11(16)9-4-3-8(13)7-10(9)18-12-14-5-6-17-12/h3-7H,13H2,1-2H3. The molecule has 0 saturated heterocycles. The van der Waals surface area contributed by atoms with Crippen LogP contribution in [0.3, 0.4) is 0 Å². The van der Waals surface area contributed by atoms with Gasteiger partial charge >= 0.3 is 0 Å². The highest BCUT2D eigenvalue weighted by Crippen LogP contribution is 2.31. The lowest BCUT2D eigenvalue weighted by Crippen LogP contribution is -2.22. The van der Waals surface area contributed by atoms with Crippen LogP contribution in [-0.4, -0.2) is 29.9 Å². The van der Waals surface area contributed by atoms with Crippen molar-refractivity contribution in [3.8, 4) is 0 Å². The molecule has 94 valence electrons. The van der Waals surface area contributed by atoms with Crippen LogP contribution in [-0.2, 0) is 0 Å². The molecule has 0 spiro atoms. The second-order valence-corrected chi connectivity index (χ2v) is 4.85. The Balaban J connectivity index is 2.38. The first-order valence-corrected chi connectivity index (χ1v) is 6.08. The molecular weight excluding hydrogens is 250 g/mol. The predicted octanol–water partition coefficient (Wildman–Crippen LogP) is 2.11. The molecule has 0 aliphatic heterocycles. The molecule has 0 aliphatic carbocycles. The Hall–Kier alpha value is -1.95. The zero-order valence-corrected chi connectivity index (χ0v) is 10.9. The number of aromatic nitrogens is 1. The number of amides is 1. The smallest absolute Gasteiger partial charge is 0.260 e. The quantitative estimate of drug-likeness (QED) is 0.859. The number of oxazole rings is 1. The van der Waals surface area contributed by atoms with Gasteiger partial charge < -0.3 is 15.1 Å². The normalized spacial score (nSPS) is 10.3. The monoisotopic (exact) mass is 263 g/mol. The van der Waals surface area contributed by atoms with Gasteiger partial charge in [0, 0.05) is 24.7 Å². The van der Waals surface area contributed by atoms with Gasteiger partial charge in [0.05, 0.1) is 11.8 Å². The summed E-state index contributed by atoms with van der Waals surface area (Å²) in [5, 5.41) is 0.480. The lowest BCUT2D eigenvalue weighted by Gasteiger charge is -2.13. The van der Waals surface area contributed by atoms with E-state index in [9.17, 15) is 4.79 Å². The third-order valence-corrected chi connectivity index (χ3v) is 3.18. The van der Waals surface area contributed by atoms with E-state index in [0.717, 1.165) is 4.90 Å². The third kappa shape index (κ3) is 2.65. The van der Waals surface area contributed by atoms with Gasteiger partial charge in [-0.05, 0) is 30.0 Å². The van der Waals surface area contributed by atoms with Crippen molar-refractivity contribution in [3.63, 3.8) is 0 Å². The first-order valence-electron chi connectivity index (χ1n) is 5.26. The van der Waals surface area contributed by atoms with Crippen molar-refractivity contribution in [1.82, 2.24) is 9.88 Å². The molecule has 6 heteroatoms. The maximum absolute atomic E-state index is 12.0. The van der Waals surface area contributed by atoms with Crippen molar-refractivity contribution >= 4 is 23.4 Å². The number of carbonyl (C=O) groups is 1. The van der Waals surface area contributed by atoms with Crippen LogP contribution >= 0.6 is 11.8 Å². The maximum Gasteiger partial charge on any atom is 0.260 e. The van der Waals surface area contributed by atoms with E-state index in [0.29, 0.717) is 16.5 Å². The summed E-state index contributed by atoms with van der Waals surface area (Å²) in [7, 11) is 3.41. The van der Waals surface area contributed by atoms with Gasteiger partial charge in [0.2, 0.25) is 0 Å². The number of nitrogens with zero attached hydrogens (tertiary/aromatic N) is 2. The minimum Gasteiger partial charge on any atom is -0.440 e. The number of hydrogen-bond acceptors (Lipinski definition) is 5. The molecule has 0 radical (unpaired) electrons. The van der Waals surface area contributed by atoms with Gasteiger partial charge in [0.25, 0.3) is 11.1 Å². The Morgan fingerprint density at radius 2 is 2.22 bits per heavy atom. The maximum atomic E-state index is 12.0. The largest absolute Gasteiger partial charge is 0.440 e. The molecule has 0 fully saturated rings. The SMILES string of the molecule is CN(C)C(=O)c1ccc(N)cc1Sc1ncco1. The highest BCUT2D eigenvalue weighted by atomic mass is 32.2. The second-order valence-electron chi connectivity index (χ2n) is 3.86. The lowest BCUT2D eigenvalue weighted by molar-refractivity contribution is 0.0824. The van der Waals surface area contributed by atoms with Gasteiger partial charge in [-0.3, -0.25) is 4.79 Å². The van der Waals surface area contributed by atoms with E-state index in [2.05, 4.69) is 4.98 Å². The highest BCUT2D eigenvalue weighted by Gasteiger charge is 2.15. The van der Waals surface area contributed by atoms with Crippen molar-refractivity contribution < 1.29 is 9.21 Å². The summed E-state index contributed by atoms with van der Waals surface area (Å²) in [5.41, 5.74) is 6.92. The number of carbonyl (C=O) groups excluding carboxylic acids is 1. The summed E-state index contributed by atoms with van der Waals surface area (Å²) in [6, 6.07) is 5.16. The van der Waals surface area contributed by atoms with Crippen molar-refractivity contribution in [2.45, 2.75) is 10.1 Å². The molecular formula is C12H13N3O2S. The first-order chi connectivity index (χ1) is 8.58. The van der Waals surface area contributed by atoms with Crippen molar-refractivity contribution in [2.75, 3.05) is 19.8 Å². The molecule has 2 N–H and O–H groups in total. The van der Waals surface area contributed by atoms with E-state index in [-0.39, 0.29) is 5.91 Å². The summed E-state index contributed by atoms with van der Waals surface area (Å²) in [6.07, 6.45) is 3.05. The summed E-state index contributed by atoms with van der Waals surface area (Å²) < 4.78 is 5.16. The minimum atomic E-state index is -0.0796. The number of nitrogen functional groups attached to an aromatic ring is 1. The summed E-state index contributed by atoms with van der Waals surface area (Å²) in [4.78, 5) is 18.3. The van der Waals surface area contributed by atoms with Gasteiger partial charge in [-0.25, -0.2) is 4.98 Å². The molecule has 2 aromatic rings. The van der Waals surface area contributed by atoms with E-state index in [1.54, 1.807) is 38.5 Å². The molecule has 0 atom stereocenters. The van der Waals surface area contributed by atoms with Gasteiger partial charge in [-0.1, -0.05) is 0 Å². The molecule has 1 heterocycles. The molecule has 1 aromatic heterocycles. The molecule has 1 amide bonds. The molecule has 0 bridgehead atoms. The molecule has 1 aromatic carbocycles. The molecule has 0 saturated carbocycles. The molecule has 0 unspecified atom stereocenters. The molecule has 5 nitrogen and oxygen atoms in total. The van der Waals surface area contributed by atoms with E-state index >= 15 is 0 Å². The number of hydrogen-bond donors (Lipinski definition) is 1. The van der Waals surface area contributed by atoms with E-state index < -0.39 is 0 Å². The number of benzene rings is 1. The van der Waals surface area contributed by atoms with Crippen LogP contribution < -0.4 is 5.73 Å². The summed E-state index contributed by atoms with van der Waals surface area (Å²) in [6.45, 7) is 0. The van der Waals surface area contributed by atoms with E-state index in [1.807, 2.05) is 0 Å². The lowest BCUT2D eigenvalue weighted by atomic mass is 10.2. The Labute approximate surface area is 109 Å². The first kappa shape index (κ1) is 12.5. The fourth-order valence-electron chi connectivity index (χ4n) is 1.40. The fraction of sp³-hybridized carbons (Fsp3) is 0.167. The Kier molecular flexibility index (Phi) is 3.57. The predicted molar refractivity (Wildman–Crippen MR) is 69.5 cm³/mol. The van der Waals surface area contributed by atoms with Crippen molar-refractivity contribution in [1.29, 1.82) is 0 Å². The topological polar surface area (TPSA) is 72.4 Å². The zero-order valence-electron chi connectivity index (χ0n) is 10.1. The molecule has 0 aliphatic rings. The highest BCUT2D eigenvalue weighted by molar-refractivity contribution is 7.99. The zero-order chi connectivity index (χ0) is 13.1. The second kappa shape index (κ2) is 5.14. The van der Waals surface area contributed by atoms with Crippen LogP contribution in [0.1, 0.15) is 10.4 Å². The van der Waals surface area contributed by atoms with Crippen molar-refractivity contribution in [2.24, 2.45) is 0 Å². The van der Waals surface area contributed by atoms with E-state index in [4.69, 9.17) is 10.2 Å². The van der Waals surface area contributed by atoms with Crippen LogP contribution in [0.4, 0.5) is 5.69 Å². The van der Waals surface area contributed by atoms with E-state index in [1.165, 1.54) is 22.9 Å². The van der Waals surface area contributed by atoms with Crippen LogP contribution in [0, 0.1) is 0 Å². The van der Waals surface area contributed by atoms with Gasteiger partial charge in [-0.2, -0.15) is 0 Å². The molecule has 2 rings (SSSR count). The minimum absolute atomic E-state index is 0.0796. The van der Waals surface area contributed by atoms with Gasteiger partial charge in [0.1, 0.15) is 6.26 Å². The number of anilines is 1. The van der Waals surface area contributed by atoms with Crippen LogP contribution in [0.15, 0.2) is 45.2 Å². The van der Waals surface area contributed by atoms with Crippen molar-refractivity contribution in [3.05, 3.63) is 36.2 Å². The van der Waals surface area contributed by atoms with Gasteiger partial charge in [0.15, 0.2) is 0 Å². The number of nitrogens with two attached hydrogens (primary N) is 1. The summed E-state index contributed by atoms with van der Waals surface area (Å²) >= 11 is 1.28. The average Bonchev–Trinajstić information content (AvgIpc) is 2.81. The summed E-state index contributed by atoms with van der Waals surface area (Å²) in [5.74, 6) is -0.0796. The average molecular weight is 263 g/mol.